The van der Waals surface area contributed by atoms with Crippen LogP contribution < -0.4 is 0 Å². The van der Waals surface area contributed by atoms with Crippen LogP contribution in [0.4, 0.5) is 0 Å². The van der Waals surface area contributed by atoms with Crippen LogP contribution in [0.15, 0.2) is 0 Å². The summed E-state index contributed by atoms with van der Waals surface area (Å²) in [6, 6.07) is 0. The van der Waals surface area contributed by atoms with Crippen LogP contribution in [-0.4, -0.2) is 33.2 Å². The number of carboxylic acid groups (broad SMARTS) is 2. The molecule has 0 amide bonds. The molecule has 0 aliphatic heterocycles. The van der Waals surface area contributed by atoms with Gasteiger partial charge in [-0.05, 0) is 24.0 Å². The standard InChI is InChI=1S/C14H26O4S/c1-4-6-7-14(3,5-2)8-9-19-11(13(17)18)10-12(15)16/h11H,4-10H2,1-3H3,(H,15,16)(H,17,18). The lowest BCUT2D eigenvalue weighted by Gasteiger charge is -2.28. The Bertz CT molecular complexity index is 293. The largest absolute Gasteiger partial charge is 0.481 e. The summed E-state index contributed by atoms with van der Waals surface area (Å²) in [5.74, 6) is -1.37. The molecule has 5 heteroatoms. The fourth-order valence-corrected chi connectivity index (χ4v) is 3.20. The highest BCUT2D eigenvalue weighted by atomic mass is 32.2. The van der Waals surface area contributed by atoms with Crippen molar-refractivity contribution in [2.75, 3.05) is 5.75 Å². The number of thioether (sulfide) groups is 1. The molecule has 0 aromatic carbocycles. The van der Waals surface area contributed by atoms with Crippen LogP contribution >= 0.6 is 11.8 Å². The topological polar surface area (TPSA) is 74.6 Å². The third-order valence-corrected chi connectivity index (χ3v) is 4.86. The van der Waals surface area contributed by atoms with Crippen LogP contribution in [0.5, 0.6) is 0 Å². The molecular formula is C14H26O4S. The number of carboxylic acids is 2. The normalized spacial score (nSPS) is 15.7. The van der Waals surface area contributed by atoms with Crippen molar-refractivity contribution in [1.82, 2.24) is 0 Å². The molecule has 0 aliphatic carbocycles. The molecule has 0 saturated heterocycles. The summed E-state index contributed by atoms with van der Waals surface area (Å²) in [4.78, 5) is 21.5. The van der Waals surface area contributed by atoms with Crippen molar-refractivity contribution in [3.05, 3.63) is 0 Å². The van der Waals surface area contributed by atoms with Gasteiger partial charge in [-0.1, -0.05) is 40.0 Å². The summed E-state index contributed by atoms with van der Waals surface area (Å²) >= 11 is 1.25. The first-order chi connectivity index (χ1) is 8.84. The van der Waals surface area contributed by atoms with Gasteiger partial charge in [0.25, 0.3) is 0 Å². The quantitative estimate of drug-likeness (QED) is 0.607. The molecule has 0 rings (SSSR count). The third kappa shape index (κ3) is 8.14. The molecule has 2 N–H and O–H groups in total. The Balaban J connectivity index is 4.21. The summed E-state index contributed by atoms with van der Waals surface area (Å²) in [6.07, 6.45) is 5.21. The van der Waals surface area contributed by atoms with E-state index in [9.17, 15) is 9.59 Å². The summed E-state index contributed by atoms with van der Waals surface area (Å²) < 4.78 is 0. The van der Waals surface area contributed by atoms with Crippen molar-refractivity contribution in [2.24, 2.45) is 5.41 Å². The molecule has 0 aromatic rings. The van der Waals surface area contributed by atoms with Gasteiger partial charge in [0.2, 0.25) is 0 Å². The third-order valence-electron chi connectivity index (χ3n) is 3.65. The average Bonchev–Trinajstić information content (AvgIpc) is 2.34. The van der Waals surface area contributed by atoms with Crippen molar-refractivity contribution in [1.29, 1.82) is 0 Å². The fraction of sp³-hybridized carbons (Fsp3) is 0.857. The smallest absolute Gasteiger partial charge is 0.317 e. The Kier molecular flexibility index (Phi) is 8.89. The van der Waals surface area contributed by atoms with E-state index in [2.05, 4.69) is 20.8 Å². The van der Waals surface area contributed by atoms with Gasteiger partial charge in [-0.25, -0.2) is 0 Å². The molecule has 112 valence electrons. The second kappa shape index (κ2) is 9.23. The Morgan fingerprint density at radius 2 is 1.84 bits per heavy atom. The van der Waals surface area contributed by atoms with Crippen molar-refractivity contribution >= 4 is 23.7 Å². The molecule has 0 fully saturated rings. The van der Waals surface area contributed by atoms with Gasteiger partial charge in [0.15, 0.2) is 0 Å². The molecule has 0 bridgehead atoms. The predicted molar refractivity (Wildman–Crippen MR) is 78.7 cm³/mol. The molecule has 0 spiro atoms. The van der Waals surface area contributed by atoms with E-state index in [1.165, 1.54) is 24.6 Å². The van der Waals surface area contributed by atoms with Gasteiger partial charge >= 0.3 is 11.9 Å². The van der Waals surface area contributed by atoms with Crippen LogP contribution in [0, 0.1) is 5.41 Å². The summed E-state index contributed by atoms with van der Waals surface area (Å²) in [5.41, 5.74) is 0.245. The summed E-state index contributed by atoms with van der Waals surface area (Å²) in [7, 11) is 0. The maximum absolute atomic E-state index is 10.9. The Labute approximate surface area is 120 Å². The minimum atomic E-state index is -1.05. The minimum Gasteiger partial charge on any atom is -0.481 e. The van der Waals surface area contributed by atoms with Gasteiger partial charge in [-0.2, -0.15) is 0 Å². The second-order valence-corrected chi connectivity index (χ2v) is 6.62. The first kappa shape index (κ1) is 18.3. The van der Waals surface area contributed by atoms with Crippen LogP contribution in [0.3, 0.4) is 0 Å². The second-order valence-electron chi connectivity index (χ2n) is 5.31. The number of rotatable bonds is 11. The highest BCUT2D eigenvalue weighted by Gasteiger charge is 2.25. The minimum absolute atomic E-state index is 0.245. The molecule has 2 unspecified atom stereocenters. The zero-order valence-electron chi connectivity index (χ0n) is 12.1. The number of carbonyl (C=O) groups is 2. The highest BCUT2D eigenvalue weighted by Crippen LogP contribution is 2.34. The van der Waals surface area contributed by atoms with E-state index >= 15 is 0 Å². The maximum atomic E-state index is 10.9. The first-order valence-corrected chi connectivity index (χ1v) is 7.95. The lowest BCUT2D eigenvalue weighted by Crippen LogP contribution is -2.22. The van der Waals surface area contributed by atoms with E-state index in [1.807, 2.05) is 0 Å². The van der Waals surface area contributed by atoms with Gasteiger partial charge in [0.05, 0.1) is 6.42 Å². The lowest BCUT2D eigenvalue weighted by molar-refractivity contribution is -0.142. The van der Waals surface area contributed by atoms with Gasteiger partial charge in [-0.15, -0.1) is 11.8 Å². The van der Waals surface area contributed by atoms with Crippen molar-refractivity contribution in [2.45, 2.75) is 64.5 Å². The number of hydrogen-bond acceptors (Lipinski definition) is 3. The highest BCUT2D eigenvalue weighted by molar-refractivity contribution is 8.00. The Hall–Kier alpha value is -0.710. The van der Waals surface area contributed by atoms with Crippen LogP contribution in [0.2, 0.25) is 0 Å². The van der Waals surface area contributed by atoms with E-state index in [-0.39, 0.29) is 11.8 Å². The molecule has 19 heavy (non-hydrogen) atoms. The van der Waals surface area contributed by atoms with Crippen molar-refractivity contribution in [3.8, 4) is 0 Å². The number of aliphatic carboxylic acids is 2. The molecule has 2 atom stereocenters. The average molecular weight is 290 g/mol. The van der Waals surface area contributed by atoms with Crippen molar-refractivity contribution in [3.63, 3.8) is 0 Å². The molecule has 0 aliphatic rings. The number of unbranched alkanes of at least 4 members (excludes halogenated alkanes) is 1. The van der Waals surface area contributed by atoms with Crippen LogP contribution in [0.25, 0.3) is 0 Å². The molecule has 0 saturated carbocycles. The van der Waals surface area contributed by atoms with E-state index in [0.717, 1.165) is 19.3 Å². The van der Waals surface area contributed by atoms with Gasteiger partial charge in [0, 0.05) is 0 Å². The molecule has 0 aromatic heterocycles. The molecule has 4 nitrogen and oxygen atoms in total. The zero-order valence-corrected chi connectivity index (χ0v) is 13.0. The zero-order chi connectivity index (χ0) is 14.9. The van der Waals surface area contributed by atoms with E-state index in [1.54, 1.807) is 0 Å². The maximum Gasteiger partial charge on any atom is 0.317 e. The monoisotopic (exact) mass is 290 g/mol. The van der Waals surface area contributed by atoms with E-state index in [4.69, 9.17) is 10.2 Å². The molecule has 0 radical (unpaired) electrons. The fourth-order valence-electron chi connectivity index (χ4n) is 1.91. The Morgan fingerprint density at radius 1 is 1.21 bits per heavy atom. The van der Waals surface area contributed by atoms with E-state index in [0.29, 0.717) is 5.75 Å². The predicted octanol–water partition coefficient (Wildman–Crippen LogP) is 3.64. The lowest BCUT2D eigenvalue weighted by atomic mass is 9.80. The summed E-state index contributed by atoms with van der Waals surface area (Å²) in [5, 5.41) is 16.8. The van der Waals surface area contributed by atoms with Gasteiger partial charge in [0.1, 0.15) is 5.25 Å². The Morgan fingerprint density at radius 3 is 2.26 bits per heavy atom. The molecular weight excluding hydrogens is 264 g/mol. The van der Waals surface area contributed by atoms with Crippen LogP contribution in [0.1, 0.15) is 59.3 Å². The van der Waals surface area contributed by atoms with Crippen LogP contribution in [-0.2, 0) is 9.59 Å². The van der Waals surface area contributed by atoms with Crippen molar-refractivity contribution < 1.29 is 19.8 Å². The van der Waals surface area contributed by atoms with Gasteiger partial charge in [-0.3, -0.25) is 9.59 Å². The van der Waals surface area contributed by atoms with E-state index < -0.39 is 17.2 Å². The first-order valence-electron chi connectivity index (χ1n) is 6.91. The molecule has 0 heterocycles. The van der Waals surface area contributed by atoms with Gasteiger partial charge < -0.3 is 10.2 Å². The summed E-state index contributed by atoms with van der Waals surface area (Å²) in [6.45, 7) is 6.56. The SMILES string of the molecule is CCCCC(C)(CC)CCSC(CC(=O)O)C(=O)O. The number of hydrogen-bond donors (Lipinski definition) is 2.